The Hall–Kier alpha value is -2.04. The second kappa shape index (κ2) is 4.33. The van der Waals surface area contributed by atoms with Crippen molar-refractivity contribution < 1.29 is 14.7 Å². The van der Waals surface area contributed by atoms with E-state index in [1.54, 1.807) is 4.90 Å². The summed E-state index contributed by atoms with van der Waals surface area (Å²) < 4.78 is 0. The zero-order chi connectivity index (χ0) is 13.3. The molecule has 0 unspecified atom stereocenters. The van der Waals surface area contributed by atoms with Crippen molar-refractivity contribution >= 4 is 12.0 Å². The number of hydrogen-bond acceptors (Lipinski definition) is 2. The molecule has 2 amide bonds. The van der Waals surface area contributed by atoms with E-state index >= 15 is 0 Å². The zero-order valence-electron chi connectivity index (χ0n) is 10.4. The molecule has 0 saturated carbocycles. The first-order valence-electron chi connectivity index (χ1n) is 5.77. The first kappa shape index (κ1) is 12.4. The van der Waals surface area contributed by atoms with Crippen LogP contribution < -0.4 is 5.32 Å². The molecule has 1 aromatic rings. The van der Waals surface area contributed by atoms with Crippen molar-refractivity contribution in [2.75, 3.05) is 0 Å². The number of fused-ring (bicyclic) bond motifs is 1. The van der Waals surface area contributed by atoms with Crippen molar-refractivity contribution in [3.05, 3.63) is 35.4 Å². The van der Waals surface area contributed by atoms with E-state index in [0.717, 1.165) is 11.1 Å². The highest BCUT2D eigenvalue weighted by molar-refractivity contribution is 5.85. The summed E-state index contributed by atoms with van der Waals surface area (Å²) in [7, 11) is 0. The van der Waals surface area contributed by atoms with Crippen LogP contribution in [0.5, 0.6) is 0 Å². The predicted molar refractivity (Wildman–Crippen MR) is 65.9 cm³/mol. The normalized spacial score (nSPS) is 14.2. The molecule has 5 heteroatoms. The lowest BCUT2D eigenvalue weighted by molar-refractivity contribution is -0.143. The number of nitrogens with zero attached hydrogens (tertiary/aromatic N) is 1. The molecule has 1 aliphatic rings. The molecule has 1 heterocycles. The quantitative estimate of drug-likeness (QED) is 0.834. The summed E-state index contributed by atoms with van der Waals surface area (Å²) >= 11 is 0. The maximum atomic E-state index is 12.0. The molecule has 1 aromatic carbocycles. The summed E-state index contributed by atoms with van der Waals surface area (Å²) in [6.45, 7) is 3.99. The van der Waals surface area contributed by atoms with Gasteiger partial charge in [-0.1, -0.05) is 24.3 Å². The number of nitrogens with one attached hydrogen (secondary N) is 1. The second-order valence-corrected chi connectivity index (χ2v) is 4.99. The molecule has 18 heavy (non-hydrogen) atoms. The number of benzene rings is 1. The van der Waals surface area contributed by atoms with E-state index < -0.39 is 11.5 Å². The van der Waals surface area contributed by atoms with Crippen LogP contribution in [0.2, 0.25) is 0 Å². The van der Waals surface area contributed by atoms with E-state index in [1.807, 2.05) is 24.3 Å². The molecule has 0 atom stereocenters. The number of rotatable bonds is 2. The largest absolute Gasteiger partial charge is 0.480 e. The van der Waals surface area contributed by atoms with Crippen LogP contribution in [0.1, 0.15) is 25.0 Å². The topological polar surface area (TPSA) is 69.6 Å². The lowest BCUT2D eigenvalue weighted by Gasteiger charge is -2.25. The number of carboxylic acids is 1. The molecule has 2 rings (SSSR count). The minimum Gasteiger partial charge on any atom is -0.480 e. The van der Waals surface area contributed by atoms with Crippen LogP contribution in [0.25, 0.3) is 0 Å². The SMILES string of the molecule is CC(C)(NC(=O)N1Cc2ccccc2C1)C(=O)O. The fourth-order valence-electron chi connectivity index (χ4n) is 1.88. The standard InChI is InChI=1S/C13H16N2O3/c1-13(2,11(16)17)14-12(18)15-7-9-5-3-4-6-10(9)8-15/h3-6H,7-8H2,1-2H3,(H,14,18)(H,16,17). The van der Waals surface area contributed by atoms with Gasteiger partial charge in [-0.3, -0.25) is 0 Å². The van der Waals surface area contributed by atoms with Crippen LogP contribution in [0.3, 0.4) is 0 Å². The first-order chi connectivity index (χ1) is 8.40. The number of carbonyl (C=O) groups is 2. The van der Waals surface area contributed by atoms with Gasteiger partial charge in [0.05, 0.1) is 0 Å². The van der Waals surface area contributed by atoms with E-state index in [4.69, 9.17) is 5.11 Å². The Morgan fingerprint density at radius 3 is 2.17 bits per heavy atom. The van der Waals surface area contributed by atoms with Crippen LogP contribution in [0.15, 0.2) is 24.3 Å². The fourth-order valence-corrected chi connectivity index (χ4v) is 1.88. The van der Waals surface area contributed by atoms with Gasteiger partial charge in [-0.25, -0.2) is 9.59 Å². The molecule has 0 aromatic heterocycles. The van der Waals surface area contributed by atoms with Gasteiger partial charge in [-0.2, -0.15) is 0 Å². The highest BCUT2D eigenvalue weighted by atomic mass is 16.4. The predicted octanol–water partition coefficient (Wildman–Crippen LogP) is 1.58. The van der Waals surface area contributed by atoms with E-state index in [1.165, 1.54) is 13.8 Å². The fraction of sp³-hybridized carbons (Fsp3) is 0.385. The highest BCUT2D eigenvalue weighted by Gasteiger charge is 2.32. The Labute approximate surface area is 105 Å². The van der Waals surface area contributed by atoms with E-state index in [-0.39, 0.29) is 6.03 Å². The third kappa shape index (κ3) is 2.30. The van der Waals surface area contributed by atoms with Gasteiger partial charge < -0.3 is 15.3 Å². The van der Waals surface area contributed by atoms with Gasteiger partial charge in [0.15, 0.2) is 0 Å². The van der Waals surface area contributed by atoms with E-state index in [2.05, 4.69) is 5.32 Å². The van der Waals surface area contributed by atoms with Crippen LogP contribution in [0, 0.1) is 0 Å². The Bertz CT molecular complexity index is 472. The lowest BCUT2D eigenvalue weighted by Crippen LogP contribution is -2.53. The number of amides is 2. The van der Waals surface area contributed by atoms with Crippen molar-refractivity contribution in [1.29, 1.82) is 0 Å². The van der Waals surface area contributed by atoms with Gasteiger partial charge in [0.25, 0.3) is 0 Å². The van der Waals surface area contributed by atoms with Gasteiger partial charge in [-0.05, 0) is 25.0 Å². The van der Waals surface area contributed by atoms with E-state index in [9.17, 15) is 9.59 Å². The summed E-state index contributed by atoms with van der Waals surface area (Å²) in [4.78, 5) is 24.5. The minimum atomic E-state index is -1.26. The Morgan fingerprint density at radius 2 is 1.72 bits per heavy atom. The first-order valence-corrected chi connectivity index (χ1v) is 5.77. The molecule has 0 spiro atoms. The summed E-state index contributed by atoms with van der Waals surface area (Å²) in [5.74, 6) is -1.05. The number of carboxylic acid groups (broad SMARTS) is 1. The Morgan fingerprint density at radius 1 is 1.22 bits per heavy atom. The lowest BCUT2D eigenvalue weighted by atomic mass is 10.1. The summed E-state index contributed by atoms with van der Waals surface area (Å²) in [5.41, 5.74) is 0.966. The molecule has 0 radical (unpaired) electrons. The van der Waals surface area contributed by atoms with Gasteiger partial charge in [0.1, 0.15) is 5.54 Å². The van der Waals surface area contributed by atoms with Crippen molar-refractivity contribution in [3.8, 4) is 0 Å². The van der Waals surface area contributed by atoms with Gasteiger partial charge in [0.2, 0.25) is 0 Å². The maximum Gasteiger partial charge on any atom is 0.328 e. The summed E-state index contributed by atoms with van der Waals surface area (Å²) in [6, 6.07) is 7.47. The van der Waals surface area contributed by atoms with Gasteiger partial charge in [0, 0.05) is 13.1 Å². The molecule has 5 nitrogen and oxygen atoms in total. The van der Waals surface area contributed by atoms with E-state index in [0.29, 0.717) is 13.1 Å². The molecule has 2 N–H and O–H groups in total. The maximum absolute atomic E-state index is 12.0. The number of aliphatic carboxylic acids is 1. The van der Waals surface area contributed by atoms with Crippen molar-refractivity contribution in [2.45, 2.75) is 32.5 Å². The van der Waals surface area contributed by atoms with Crippen molar-refractivity contribution in [2.24, 2.45) is 0 Å². The highest BCUT2D eigenvalue weighted by Crippen LogP contribution is 2.22. The number of carbonyl (C=O) groups excluding carboxylic acids is 1. The zero-order valence-corrected chi connectivity index (χ0v) is 10.4. The van der Waals surface area contributed by atoms with Crippen LogP contribution >= 0.6 is 0 Å². The summed E-state index contributed by atoms with van der Waals surface area (Å²) in [6.07, 6.45) is 0. The van der Waals surface area contributed by atoms with Crippen LogP contribution in [-0.4, -0.2) is 27.5 Å². The molecule has 0 saturated heterocycles. The average Bonchev–Trinajstić information content (AvgIpc) is 2.71. The Kier molecular flexibility index (Phi) is 2.98. The van der Waals surface area contributed by atoms with Crippen molar-refractivity contribution in [1.82, 2.24) is 10.2 Å². The number of hydrogen-bond donors (Lipinski definition) is 2. The Balaban J connectivity index is 2.04. The third-order valence-corrected chi connectivity index (χ3v) is 3.08. The second-order valence-electron chi connectivity index (χ2n) is 4.99. The van der Waals surface area contributed by atoms with Crippen LogP contribution in [0.4, 0.5) is 4.79 Å². The smallest absolute Gasteiger partial charge is 0.328 e. The molecule has 0 bridgehead atoms. The van der Waals surface area contributed by atoms with Crippen molar-refractivity contribution in [3.63, 3.8) is 0 Å². The average molecular weight is 248 g/mol. The van der Waals surface area contributed by atoms with Gasteiger partial charge >= 0.3 is 12.0 Å². The molecule has 0 fully saturated rings. The molecule has 96 valence electrons. The van der Waals surface area contributed by atoms with Gasteiger partial charge in [-0.15, -0.1) is 0 Å². The molecular formula is C13H16N2O3. The molecule has 0 aliphatic carbocycles. The monoisotopic (exact) mass is 248 g/mol. The third-order valence-electron chi connectivity index (χ3n) is 3.08. The molecule has 1 aliphatic heterocycles. The summed E-state index contributed by atoms with van der Waals surface area (Å²) in [5, 5.41) is 11.5. The van der Waals surface area contributed by atoms with Crippen LogP contribution in [-0.2, 0) is 17.9 Å². The minimum absolute atomic E-state index is 0.349. The number of urea groups is 1. The molecular weight excluding hydrogens is 232 g/mol.